The Labute approximate surface area is 170 Å². The Morgan fingerprint density at radius 3 is 2.52 bits per heavy atom. The fraction of sp³-hybridized carbons (Fsp3) is 0.348. The Balaban J connectivity index is 1.52. The Bertz CT molecular complexity index is 1080. The van der Waals surface area contributed by atoms with Gasteiger partial charge in [-0.25, -0.2) is 4.68 Å². The summed E-state index contributed by atoms with van der Waals surface area (Å²) < 4.78 is 1.40. The van der Waals surface area contributed by atoms with Crippen LogP contribution in [0.1, 0.15) is 42.4 Å². The quantitative estimate of drug-likeness (QED) is 0.727. The summed E-state index contributed by atoms with van der Waals surface area (Å²) in [7, 11) is 0. The van der Waals surface area contributed by atoms with Crippen LogP contribution in [0.2, 0.25) is 0 Å². The van der Waals surface area contributed by atoms with Crippen molar-refractivity contribution in [1.29, 1.82) is 0 Å². The van der Waals surface area contributed by atoms with E-state index in [4.69, 9.17) is 0 Å². The van der Waals surface area contributed by atoms with Crippen LogP contribution in [-0.2, 0) is 6.54 Å². The van der Waals surface area contributed by atoms with Gasteiger partial charge in [0.2, 0.25) is 0 Å². The number of carbonyl (C=O) groups excluding carboxylic acids is 1. The molecule has 1 aromatic heterocycles. The van der Waals surface area contributed by atoms with Crippen molar-refractivity contribution < 1.29 is 4.79 Å². The lowest BCUT2D eigenvalue weighted by atomic mass is 10.1. The lowest BCUT2D eigenvalue weighted by molar-refractivity contribution is 0.0931. The highest BCUT2D eigenvalue weighted by Crippen LogP contribution is 2.17. The van der Waals surface area contributed by atoms with Crippen molar-refractivity contribution in [3.8, 4) is 0 Å². The lowest BCUT2D eigenvalue weighted by Gasteiger charge is -2.18. The van der Waals surface area contributed by atoms with Crippen molar-refractivity contribution in [2.24, 2.45) is 0 Å². The van der Waals surface area contributed by atoms with Crippen molar-refractivity contribution in [3.05, 3.63) is 76.2 Å². The van der Waals surface area contributed by atoms with E-state index in [1.807, 2.05) is 44.2 Å². The summed E-state index contributed by atoms with van der Waals surface area (Å²) in [6.45, 7) is 6.42. The van der Waals surface area contributed by atoms with E-state index < -0.39 is 0 Å². The molecule has 6 nitrogen and oxygen atoms in total. The number of aromatic nitrogens is 2. The van der Waals surface area contributed by atoms with E-state index in [0.29, 0.717) is 16.5 Å². The van der Waals surface area contributed by atoms with E-state index in [2.05, 4.69) is 27.4 Å². The molecule has 1 N–H and O–H groups in total. The molecule has 4 rings (SSSR count). The maximum Gasteiger partial charge on any atom is 0.274 e. The monoisotopic (exact) mass is 390 g/mol. The van der Waals surface area contributed by atoms with Crippen LogP contribution in [0.3, 0.4) is 0 Å². The number of hydrogen-bond acceptors (Lipinski definition) is 4. The number of carbonyl (C=O) groups is 1. The van der Waals surface area contributed by atoms with Gasteiger partial charge in [0.15, 0.2) is 5.69 Å². The van der Waals surface area contributed by atoms with Gasteiger partial charge in [-0.2, -0.15) is 5.10 Å². The molecule has 2 aromatic carbocycles. The molecule has 0 radical (unpaired) electrons. The molecule has 29 heavy (non-hydrogen) atoms. The van der Waals surface area contributed by atoms with Gasteiger partial charge in [0.25, 0.3) is 11.5 Å². The van der Waals surface area contributed by atoms with Crippen LogP contribution in [0.5, 0.6) is 0 Å². The second-order valence-corrected chi connectivity index (χ2v) is 7.92. The third-order valence-electron chi connectivity index (χ3n) is 5.39. The molecule has 2 heterocycles. The highest BCUT2D eigenvalue weighted by atomic mass is 16.2. The molecule has 1 saturated heterocycles. The molecular weight excluding hydrogens is 364 g/mol. The number of likely N-dealkylation sites (tertiary alicyclic amines) is 1. The van der Waals surface area contributed by atoms with Crippen molar-refractivity contribution in [3.63, 3.8) is 0 Å². The van der Waals surface area contributed by atoms with Crippen LogP contribution in [0.15, 0.2) is 59.4 Å². The molecule has 0 bridgehead atoms. The van der Waals surface area contributed by atoms with Gasteiger partial charge in [-0.05, 0) is 31.9 Å². The van der Waals surface area contributed by atoms with Crippen LogP contribution < -0.4 is 10.9 Å². The van der Waals surface area contributed by atoms with Crippen molar-refractivity contribution >= 4 is 16.7 Å². The fourth-order valence-corrected chi connectivity index (χ4v) is 3.91. The summed E-state index contributed by atoms with van der Waals surface area (Å²) in [6, 6.07) is 17.5. The number of fused-ring (bicyclic) bond motifs is 1. The molecule has 1 unspecified atom stereocenters. The molecule has 6 heteroatoms. The molecule has 1 fully saturated rings. The Morgan fingerprint density at radius 1 is 1.10 bits per heavy atom. The SMILES string of the molecule is CC(C)n1nc(C(=O)NC2CCN(Cc3ccccc3)C2)c2ccccc2c1=O. The first-order valence-corrected chi connectivity index (χ1v) is 10.1. The first-order chi connectivity index (χ1) is 14.0. The largest absolute Gasteiger partial charge is 0.347 e. The number of hydrogen-bond donors (Lipinski definition) is 1. The topological polar surface area (TPSA) is 67.2 Å². The van der Waals surface area contributed by atoms with Gasteiger partial charge >= 0.3 is 0 Å². The number of nitrogens with one attached hydrogen (secondary N) is 1. The summed E-state index contributed by atoms with van der Waals surface area (Å²) in [5.74, 6) is -0.220. The molecule has 3 aromatic rings. The van der Waals surface area contributed by atoms with Crippen molar-refractivity contribution in [2.45, 2.75) is 38.9 Å². The predicted molar refractivity (Wildman–Crippen MR) is 114 cm³/mol. The molecule has 0 saturated carbocycles. The van der Waals surface area contributed by atoms with E-state index in [1.54, 1.807) is 12.1 Å². The van der Waals surface area contributed by atoms with Crippen LogP contribution in [0.4, 0.5) is 0 Å². The van der Waals surface area contributed by atoms with Crippen LogP contribution in [0, 0.1) is 0 Å². The molecular formula is C23H26N4O2. The van der Waals surface area contributed by atoms with E-state index in [1.165, 1.54) is 10.2 Å². The average molecular weight is 390 g/mol. The lowest BCUT2D eigenvalue weighted by Crippen LogP contribution is -2.39. The maximum absolute atomic E-state index is 13.1. The van der Waals surface area contributed by atoms with Gasteiger partial charge in [0, 0.05) is 31.1 Å². The third-order valence-corrected chi connectivity index (χ3v) is 5.39. The first-order valence-electron chi connectivity index (χ1n) is 10.1. The second kappa shape index (κ2) is 8.17. The molecule has 1 amide bonds. The van der Waals surface area contributed by atoms with E-state index in [9.17, 15) is 9.59 Å². The zero-order valence-electron chi connectivity index (χ0n) is 16.8. The molecule has 0 aliphatic carbocycles. The summed E-state index contributed by atoms with van der Waals surface area (Å²) in [5.41, 5.74) is 1.42. The standard InChI is InChI=1S/C23H26N4O2/c1-16(2)27-23(29)20-11-7-6-10-19(20)21(25-27)22(28)24-18-12-13-26(15-18)14-17-8-4-3-5-9-17/h3-11,16,18H,12-15H2,1-2H3,(H,24,28). The summed E-state index contributed by atoms with van der Waals surface area (Å²) in [5, 5.41) is 8.67. The van der Waals surface area contributed by atoms with Crippen molar-refractivity contribution in [1.82, 2.24) is 20.0 Å². The van der Waals surface area contributed by atoms with Crippen LogP contribution in [-0.4, -0.2) is 39.7 Å². The van der Waals surface area contributed by atoms with Crippen LogP contribution in [0.25, 0.3) is 10.8 Å². The number of amides is 1. The highest BCUT2D eigenvalue weighted by molar-refractivity contribution is 6.04. The fourth-order valence-electron chi connectivity index (χ4n) is 3.91. The summed E-state index contributed by atoms with van der Waals surface area (Å²) in [6.07, 6.45) is 0.903. The minimum Gasteiger partial charge on any atom is -0.347 e. The van der Waals surface area contributed by atoms with Gasteiger partial charge in [-0.15, -0.1) is 0 Å². The molecule has 150 valence electrons. The molecule has 1 aliphatic heterocycles. The minimum atomic E-state index is -0.220. The number of rotatable bonds is 5. The van der Waals surface area contributed by atoms with E-state index >= 15 is 0 Å². The zero-order chi connectivity index (χ0) is 20.4. The minimum absolute atomic E-state index is 0.0752. The first kappa shape index (κ1) is 19.3. The van der Waals surface area contributed by atoms with Gasteiger partial charge in [0.05, 0.1) is 11.4 Å². The Hall–Kier alpha value is -2.99. The van der Waals surface area contributed by atoms with Gasteiger partial charge in [-0.3, -0.25) is 14.5 Å². The number of benzene rings is 2. The van der Waals surface area contributed by atoms with E-state index in [0.717, 1.165) is 26.1 Å². The maximum atomic E-state index is 13.1. The predicted octanol–water partition coefficient (Wildman–Crippen LogP) is 2.98. The van der Waals surface area contributed by atoms with Crippen molar-refractivity contribution in [2.75, 3.05) is 13.1 Å². The van der Waals surface area contributed by atoms with E-state index in [-0.39, 0.29) is 23.6 Å². The van der Waals surface area contributed by atoms with Gasteiger partial charge in [-0.1, -0.05) is 48.5 Å². The Morgan fingerprint density at radius 2 is 1.79 bits per heavy atom. The zero-order valence-corrected chi connectivity index (χ0v) is 16.8. The normalized spacial score (nSPS) is 17.1. The second-order valence-electron chi connectivity index (χ2n) is 7.92. The highest BCUT2D eigenvalue weighted by Gasteiger charge is 2.26. The summed E-state index contributed by atoms with van der Waals surface area (Å²) >= 11 is 0. The average Bonchev–Trinajstić information content (AvgIpc) is 3.15. The smallest absolute Gasteiger partial charge is 0.274 e. The van der Waals surface area contributed by atoms with Gasteiger partial charge in [0.1, 0.15) is 0 Å². The molecule has 1 atom stereocenters. The third kappa shape index (κ3) is 4.07. The Kier molecular flexibility index (Phi) is 5.45. The van der Waals surface area contributed by atoms with Crippen LogP contribution >= 0.6 is 0 Å². The van der Waals surface area contributed by atoms with Gasteiger partial charge < -0.3 is 5.32 Å². The number of nitrogens with zero attached hydrogens (tertiary/aromatic N) is 3. The molecule has 1 aliphatic rings. The summed E-state index contributed by atoms with van der Waals surface area (Å²) in [4.78, 5) is 28.1. The molecule has 0 spiro atoms.